The van der Waals surface area contributed by atoms with E-state index >= 15 is 0 Å². The second-order valence-electron chi connectivity index (χ2n) is 5.10. The highest BCUT2D eigenvalue weighted by molar-refractivity contribution is 8.19. The van der Waals surface area contributed by atoms with Crippen molar-refractivity contribution in [1.29, 1.82) is 0 Å². The summed E-state index contributed by atoms with van der Waals surface area (Å²) in [6.45, 7) is 2.01. The SMILES string of the molecule is COc1cccc(/C=C2\SC(c3ccc(C)cc3)=NC2=O)c1O. The number of hydrogen-bond donors (Lipinski definition) is 1. The highest BCUT2D eigenvalue weighted by atomic mass is 32.2. The number of ether oxygens (including phenoxy) is 1. The molecule has 0 unspecified atom stereocenters. The first-order valence-electron chi connectivity index (χ1n) is 7.04. The molecule has 1 aliphatic rings. The maximum atomic E-state index is 12.1. The van der Waals surface area contributed by atoms with Crippen LogP contribution in [0.1, 0.15) is 16.7 Å². The van der Waals surface area contributed by atoms with E-state index in [0.717, 1.165) is 11.1 Å². The van der Waals surface area contributed by atoms with Gasteiger partial charge in [-0.25, -0.2) is 4.99 Å². The molecule has 5 heteroatoms. The number of phenolic OH excluding ortho intramolecular Hbond substituents is 1. The highest BCUT2D eigenvalue weighted by Crippen LogP contribution is 2.36. The summed E-state index contributed by atoms with van der Waals surface area (Å²) in [6, 6.07) is 13.0. The topological polar surface area (TPSA) is 58.9 Å². The normalized spacial score (nSPS) is 15.8. The third kappa shape index (κ3) is 3.14. The number of thioether (sulfide) groups is 1. The van der Waals surface area contributed by atoms with E-state index in [0.29, 0.717) is 21.3 Å². The molecule has 23 heavy (non-hydrogen) atoms. The van der Waals surface area contributed by atoms with Gasteiger partial charge in [0.15, 0.2) is 11.5 Å². The third-order valence-electron chi connectivity index (χ3n) is 3.46. The number of carbonyl (C=O) groups excluding carboxylic acids is 1. The Morgan fingerprint density at radius 3 is 2.61 bits per heavy atom. The highest BCUT2D eigenvalue weighted by Gasteiger charge is 2.23. The number of aryl methyl sites for hydroxylation is 1. The second kappa shape index (κ2) is 6.30. The first kappa shape index (κ1) is 15.4. The molecule has 0 saturated carbocycles. The predicted molar refractivity (Wildman–Crippen MR) is 92.9 cm³/mol. The van der Waals surface area contributed by atoms with Crippen LogP contribution in [0.15, 0.2) is 52.4 Å². The van der Waals surface area contributed by atoms with Gasteiger partial charge in [-0.3, -0.25) is 4.79 Å². The smallest absolute Gasteiger partial charge is 0.284 e. The van der Waals surface area contributed by atoms with E-state index in [-0.39, 0.29) is 11.7 Å². The number of amides is 1. The number of rotatable bonds is 3. The first-order valence-corrected chi connectivity index (χ1v) is 7.85. The van der Waals surface area contributed by atoms with Crippen molar-refractivity contribution >= 4 is 28.8 Å². The lowest BCUT2D eigenvalue weighted by atomic mass is 10.1. The zero-order valence-corrected chi connectivity index (χ0v) is 13.6. The van der Waals surface area contributed by atoms with Crippen LogP contribution in [0.2, 0.25) is 0 Å². The minimum atomic E-state index is -0.298. The van der Waals surface area contributed by atoms with Gasteiger partial charge in [0.2, 0.25) is 0 Å². The summed E-state index contributed by atoms with van der Waals surface area (Å²) in [6.07, 6.45) is 1.63. The molecule has 1 aliphatic heterocycles. The molecule has 0 fully saturated rings. The molecule has 116 valence electrons. The number of para-hydroxylation sites is 1. The fraction of sp³-hybridized carbons (Fsp3) is 0.111. The van der Waals surface area contributed by atoms with Gasteiger partial charge in [-0.15, -0.1) is 0 Å². The van der Waals surface area contributed by atoms with Gasteiger partial charge in [0.05, 0.1) is 12.0 Å². The quantitative estimate of drug-likeness (QED) is 0.873. The number of nitrogens with zero attached hydrogens (tertiary/aromatic N) is 1. The maximum absolute atomic E-state index is 12.1. The lowest BCUT2D eigenvalue weighted by Crippen LogP contribution is -1.90. The molecule has 0 atom stereocenters. The number of carbonyl (C=O) groups is 1. The Kier molecular flexibility index (Phi) is 4.21. The summed E-state index contributed by atoms with van der Waals surface area (Å²) in [5.41, 5.74) is 2.59. The summed E-state index contributed by atoms with van der Waals surface area (Å²) in [4.78, 5) is 16.7. The largest absolute Gasteiger partial charge is 0.504 e. The van der Waals surface area contributed by atoms with Crippen LogP contribution >= 0.6 is 11.8 Å². The van der Waals surface area contributed by atoms with E-state index in [4.69, 9.17) is 4.74 Å². The molecule has 3 rings (SSSR count). The second-order valence-corrected chi connectivity index (χ2v) is 6.13. The standard InChI is InChI=1S/C18H15NO3S/c1-11-6-8-12(9-7-11)18-19-17(21)15(23-18)10-13-4-3-5-14(22-2)16(13)20/h3-10,20H,1-2H3/b15-10-. The summed E-state index contributed by atoms with van der Waals surface area (Å²) in [5, 5.41) is 10.8. The number of benzene rings is 2. The van der Waals surface area contributed by atoms with E-state index < -0.39 is 0 Å². The zero-order chi connectivity index (χ0) is 16.4. The number of phenols is 1. The predicted octanol–water partition coefficient (Wildman–Crippen LogP) is 3.77. The molecule has 1 heterocycles. The Morgan fingerprint density at radius 2 is 1.91 bits per heavy atom. The molecular weight excluding hydrogens is 310 g/mol. The Balaban J connectivity index is 1.89. The molecule has 4 nitrogen and oxygen atoms in total. The minimum absolute atomic E-state index is 0.0136. The van der Waals surface area contributed by atoms with Crippen molar-refractivity contribution in [2.24, 2.45) is 4.99 Å². The monoisotopic (exact) mass is 325 g/mol. The Labute approximate surface area is 138 Å². The van der Waals surface area contributed by atoms with Gasteiger partial charge in [0.25, 0.3) is 5.91 Å². The molecular formula is C18H15NO3S. The van der Waals surface area contributed by atoms with Gasteiger partial charge in [0.1, 0.15) is 5.04 Å². The van der Waals surface area contributed by atoms with Gasteiger partial charge in [0, 0.05) is 11.1 Å². The number of aliphatic imine (C=N–C) groups is 1. The Hall–Kier alpha value is -2.53. The van der Waals surface area contributed by atoms with Crippen molar-refractivity contribution in [3.05, 3.63) is 64.1 Å². The fourth-order valence-electron chi connectivity index (χ4n) is 2.19. The van der Waals surface area contributed by atoms with Crippen LogP contribution in [0.4, 0.5) is 0 Å². The van der Waals surface area contributed by atoms with Crippen LogP contribution < -0.4 is 4.74 Å². The van der Waals surface area contributed by atoms with Crippen molar-refractivity contribution in [3.8, 4) is 11.5 Å². The average Bonchev–Trinajstić information content (AvgIpc) is 2.91. The molecule has 2 aromatic rings. The van der Waals surface area contributed by atoms with Crippen molar-refractivity contribution in [2.75, 3.05) is 7.11 Å². The van der Waals surface area contributed by atoms with Crippen LogP contribution in [0.5, 0.6) is 11.5 Å². The summed E-state index contributed by atoms with van der Waals surface area (Å²) < 4.78 is 5.08. The molecule has 0 bridgehead atoms. The molecule has 0 radical (unpaired) electrons. The Bertz CT molecular complexity index is 823. The van der Waals surface area contributed by atoms with E-state index in [1.54, 1.807) is 24.3 Å². The van der Waals surface area contributed by atoms with E-state index in [1.165, 1.54) is 18.9 Å². The lowest BCUT2D eigenvalue weighted by Gasteiger charge is -2.06. The minimum Gasteiger partial charge on any atom is -0.504 e. The van der Waals surface area contributed by atoms with Crippen LogP contribution in [-0.2, 0) is 4.79 Å². The maximum Gasteiger partial charge on any atom is 0.284 e. The van der Waals surface area contributed by atoms with Gasteiger partial charge in [-0.05, 0) is 19.1 Å². The Morgan fingerprint density at radius 1 is 1.17 bits per heavy atom. The number of hydrogen-bond acceptors (Lipinski definition) is 4. The number of methoxy groups -OCH3 is 1. The van der Waals surface area contributed by atoms with Gasteiger partial charge >= 0.3 is 0 Å². The van der Waals surface area contributed by atoms with E-state index in [9.17, 15) is 9.90 Å². The van der Waals surface area contributed by atoms with Crippen LogP contribution in [0, 0.1) is 6.92 Å². The van der Waals surface area contributed by atoms with Crippen molar-refractivity contribution in [2.45, 2.75) is 6.92 Å². The van der Waals surface area contributed by atoms with E-state index in [2.05, 4.69) is 4.99 Å². The molecule has 2 aromatic carbocycles. The molecule has 1 N–H and O–H groups in total. The molecule has 0 aromatic heterocycles. The lowest BCUT2D eigenvalue weighted by molar-refractivity contribution is -0.113. The third-order valence-corrected chi connectivity index (χ3v) is 4.49. The zero-order valence-electron chi connectivity index (χ0n) is 12.7. The summed E-state index contributed by atoms with van der Waals surface area (Å²) in [5.74, 6) is 0.0851. The fourth-order valence-corrected chi connectivity index (χ4v) is 3.10. The number of aromatic hydroxyl groups is 1. The van der Waals surface area contributed by atoms with Gasteiger partial charge in [-0.2, -0.15) is 0 Å². The summed E-state index contributed by atoms with van der Waals surface area (Å²) >= 11 is 1.30. The molecule has 0 spiro atoms. The molecule has 1 amide bonds. The van der Waals surface area contributed by atoms with Crippen molar-refractivity contribution < 1.29 is 14.6 Å². The van der Waals surface area contributed by atoms with Crippen LogP contribution in [0.3, 0.4) is 0 Å². The summed E-state index contributed by atoms with van der Waals surface area (Å²) in [7, 11) is 1.49. The van der Waals surface area contributed by atoms with Crippen molar-refractivity contribution in [3.63, 3.8) is 0 Å². The van der Waals surface area contributed by atoms with Gasteiger partial charge < -0.3 is 9.84 Å². The van der Waals surface area contributed by atoms with Crippen LogP contribution in [0.25, 0.3) is 6.08 Å². The van der Waals surface area contributed by atoms with Crippen molar-refractivity contribution in [1.82, 2.24) is 0 Å². The molecule has 0 saturated heterocycles. The van der Waals surface area contributed by atoms with Crippen LogP contribution in [-0.4, -0.2) is 23.2 Å². The molecule has 0 aliphatic carbocycles. The van der Waals surface area contributed by atoms with Gasteiger partial charge in [-0.1, -0.05) is 53.7 Å². The van der Waals surface area contributed by atoms with E-state index in [1.807, 2.05) is 31.2 Å². The average molecular weight is 325 g/mol. The first-order chi connectivity index (χ1) is 11.1.